The van der Waals surface area contributed by atoms with Crippen LogP contribution >= 0.6 is 0 Å². The Bertz CT molecular complexity index is 983. The largest absolute Gasteiger partial charge is 0.463 e. The van der Waals surface area contributed by atoms with Crippen molar-refractivity contribution in [2.24, 2.45) is 5.92 Å². The third-order valence-electron chi connectivity index (χ3n) is 7.21. The van der Waals surface area contributed by atoms with E-state index in [1.165, 1.54) is 10.5 Å². The normalized spacial score (nSPS) is 21.7. The maximum Gasteiger partial charge on any atom is 0.338 e. The molecular weight excluding hydrogens is 444 g/mol. The summed E-state index contributed by atoms with van der Waals surface area (Å²) in [6, 6.07) is 7.24. The van der Waals surface area contributed by atoms with E-state index in [1.807, 2.05) is 29.2 Å². The van der Waals surface area contributed by atoms with Crippen LogP contribution in [0.5, 0.6) is 0 Å². The van der Waals surface area contributed by atoms with Gasteiger partial charge in [0.05, 0.1) is 18.2 Å². The number of benzene rings is 1. The lowest BCUT2D eigenvalue weighted by Gasteiger charge is -2.36. The second kappa shape index (κ2) is 10.8. The van der Waals surface area contributed by atoms with Crippen molar-refractivity contribution < 1.29 is 19.1 Å². The van der Waals surface area contributed by atoms with Crippen molar-refractivity contribution in [1.82, 2.24) is 20.0 Å². The van der Waals surface area contributed by atoms with Crippen LogP contribution in [0, 0.1) is 5.92 Å². The molecular formula is C27H38N4O4. The van der Waals surface area contributed by atoms with Gasteiger partial charge in [0.2, 0.25) is 5.91 Å². The van der Waals surface area contributed by atoms with Gasteiger partial charge in [0.25, 0.3) is 0 Å². The molecule has 1 aromatic rings. The quantitative estimate of drug-likeness (QED) is 0.604. The molecule has 1 atom stereocenters. The van der Waals surface area contributed by atoms with E-state index in [1.54, 1.807) is 14.0 Å². The predicted octanol–water partition coefficient (Wildman–Crippen LogP) is 3.27. The van der Waals surface area contributed by atoms with Crippen LogP contribution in [0.3, 0.4) is 0 Å². The second-order valence-corrected chi connectivity index (χ2v) is 10.1. The molecule has 2 heterocycles. The van der Waals surface area contributed by atoms with Crippen molar-refractivity contribution in [3.8, 4) is 0 Å². The number of carbonyl (C=O) groups is 3. The molecule has 1 unspecified atom stereocenters. The highest BCUT2D eigenvalue weighted by Crippen LogP contribution is 2.33. The van der Waals surface area contributed by atoms with Gasteiger partial charge < -0.3 is 15.0 Å². The Kier molecular flexibility index (Phi) is 7.79. The van der Waals surface area contributed by atoms with Gasteiger partial charge in [-0.15, -0.1) is 0 Å². The van der Waals surface area contributed by atoms with E-state index in [0.29, 0.717) is 36.8 Å². The molecule has 190 valence electrons. The second-order valence-electron chi connectivity index (χ2n) is 10.1. The Morgan fingerprint density at radius 1 is 1.09 bits per heavy atom. The van der Waals surface area contributed by atoms with Crippen molar-refractivity contribution in [3.05, 3.63) is 46.7 Å². The fourth-order valence-electron chi connectivity index (χ4n) is 4.87. The lowest BCUT2D eigenvalue weighted by Crippen LogP contribution is -2.49. The van der Waals surface area contributed by atoms with E-state index in [9.17, 15) is 14.4 Å². The summed E-state index contributed by atoms with van der Waals surface area (Å²) in [5, 5.41) is 3.00. The highest BCUT2D eigenvalue weighted by atomic mass is 16.5. The molecule has 8 heteroatoms. The number of hydrogen-bond donors (Lipinski definition) is 1. The van der Waals surface area contributed by atoms with E-state index in [4.69, 9.17) is 4.74 Å². The number of ether oxygens (including phenoxy) is 1. The standard InChI is InChI=1S/C27H38N4O4/c1-5-35-26(33)23-22(17-30-13-6-14-31(16-15-30)25(32)21-11-12-21)29(4)27(34)28-24(23)20-9-7-19(8-10-20)18(2)3/h7-10,18,21,24H,5-6,11-17H2,1-4H3,(H,28,34). The van der Waals surface area contributed by atoms with Gasteiger partial charge in [-0.1, -0.05) is 38.1 Å². The van der Waals surface area contributed by atoms with Crippen molar-refractivity contribution >= 4 is 17.9 Å². The summed E-state index contributed by atoms with van der Waals surface area (Å²) in [6.45, 7) is 9.71. The van der Waals surface area contributed by atoms with Crippen molar-refractivity contribution in [3.63, 3.8) is 0 Å². The predicted molar refractivity (Wildman–Crippen MR) is 134 cm³/mol. The zero-order chi connectivity index (χ0) is 25.1. The molecule has 1 saturated heterocycles. The van der Waals surface area contributed by atoms with Crippen LogP contribution in [0.1, 0.15) is 63.1 Å². The van der Waals surface area contributed by atoms with Crippen LogP contribution in [0.15, 0.2) is 35.5 Å². The SMILES string of the molecule is CCOC(=O)C1=C(CN2CCCN(C(=O)C3CC3)CC2)N(C)C(=O)NC1c1ccc(C(C)C)cc1. The number of carbonyl (C=O) groups excluding carboxylic acids is 3. The van der Waals surface area contributed by atoms with Crippen molar-refractivity contribution in [2.75, 3.05) is 46.4 Å². The average Bonchev–Trinajstić information content (AvgIpc) is 3.69. The smallest absolute Gasteiger partial charge is 0.338 e. The van der Waals surface area contributed by atoms with Crippen LogP contribution in [0.4, 0.5) is 4.79 Å². The topological polar surface area (TPSA) is 82.2 Å². The number of nitrogens with one attached hydrogen (secondary N) is 1. The first kappa shape index (κ1) is 25.2. The minimum absolute atomic E-state index is 0.218. The lowest BCUT2D eigenvalue weighted by atomic mass is 9.92. The summed E-state index contributed by atoms with van der Waals surface area (Å²) < 4.78 is 5.46. The molecule has 1 saturated carbocycles. The molecule has 4 rings (SSSR count). The highest BCUT2D eigenvalue weighted by Gasteiger charge is 2.38. The first-order chi connectivity index (χ1) is 16.8. The molecule has 0 radical (unpaired) electrons. The Labute approximate surface area is 208 Å². The van der Waals surface area contributed by atoms with Crippen LogP contribution in [0.2, 0.25) is 0 Å². The summed E-state index contributed by atoms with van der Waals surface area (Å²) in [5.74, 6) is 0.474. The number of rotatable bonds is 7. The summed E-state index contributed by atoms with van der Waals surface area (Å²) >= 11 is 0. The van der Waals surface area contributed by atoms with E-state index < -0.39 is 12.0 Å². The summed E-state index contributed by atoms with van der Waals surface area (Å²) in [6.07, 6.45) is 2.89. The number of likely N-dealkylation sites (N-methyl/N-ethyl adjacent to an activating group) is 1. The number of amides is 3. The molecule has 0 bridgehead atoms. The third-order valence-corrected chi connectivity index (χ3v) is 7.21. The van der Waals surface area contributed by atoms with Gasteiger partial charge in [0.15, 0.2) is 0 Å². The van der Waals surface area contributed by atoms with Gasteiger partial charge in [-0.3, -0.25) is 14.6 Å². The van der Waals surface area contributed by atoms with Gasteiger partial charge in [0.1, 0.15) is 0 Å². The van der Waals surface area contributed by atoms with E-state index in [-0.39, 0.29) is 24.5 Å². The molecule has 8 nitrogen and oxygen atoms in total. The van der Waals surface area contributed by atoms with Gasteiger partial charge >= 0.3 is 12.0 Å². The molecule has 2 fully saturated rings. The van der Waals surface area contributed by atoms with E-state index in [2.05, 4.69) is 24.1 Å². The van der Waals surface area contributed by atoms with E-state index in [0.717, 1.165) is 37.9 Å². The van der Waals surface area contributed by atoms with E-state index >= 15 is 0 Å². The van der Waals surface area contributed by atoms with Crippen molar-refractivity contribution in [1.29, 1.82) is 0 Å². The minimum atomic E-state index is -0.575. The van der Waals surface area contributed by atoms with Crippen LogP contribution in [0.25, 0.3) is 0 Å². The Morgan fingerprint density at radius 3 is 2.43 bits per heavy atom. The van der Waals surface area contributed by atoms with Gasteiger partial charge in [-0.05, 0) is 43.2 Å². The number of urea groups is 1. The lowest BCUT2D eigenvalue weighted by molar-refractivity contribution is -0.139. The fourth-order valence-corrected chi connectivity index (χ4v) is 4.87. The minimum Gasteiger partial charge on any atom is -0.463 e. The molecule has 2 aliphatic heterocycles. The van der Waals surface area contributed by atoms with Gasteiger partial charge in [0, 0.05) is 51.4 Å². The summed E-state index contributed by atoms with van der Waals surface area (Å²) in [4.78, 5) is 44.5. The number of esters is 1. The zero-order valence-electron chi connectivity index (χ0n) is 21.4. The molecule has 1 aliphatic carbocycles. The molecule has 0 aromatic heterocycles. The van der Waals surface area contributed by atoms with Gasteiger partial charge in [-0.25, -0.2) is 9.59 Å². The average molecular weight is 483 g/mol. The Morgan fingerprint density at radius 2 is 1.80 bits per heavy atom. The highest BCUT2D eigenvalue weighted by molar-refractivity contribution is 5.95. The fraction of sp³-hybridized carbons (Fsp3) is 0.593. The van der Waals surface area contributed by atoms with Crippen LogP contribution in [-0.4, -0.2) is 79.0 Å². The molecule has 0 spiro atoms. The van der Waals surface area contributed by atoms with Crippen LogP contribution < -0.4 is 5.32 Å². The Hall–Kier alpha value is -2.87. The molecule has 1 aromatic carbocycles. The molecule has 3 aliphatic rings. The molecule has 1 N–H and O–H groups in total. The number of hydrogen-bond acceptors (Lipinski definition) is 5. The summed E-state index contributed by atoms with van der Waals surface area (Å²) in [5.41, 5.74) is 3.19. The first-order valence-corrected chi connectivity index (χ1v) is 12.9. The van der Waals surface area contributed by atoms with Crippen LogP contribution in [-0.2, 0) is 14.3 Å². The molecule has 3 amide bonds. The molecule has 35 heavy (non-hydrogen) atoms. The van der Waals surface area contributed by atoms with Crippen molar-refractivity contribution in [2.45, 2.75) is 52.0 Å². The zero-order valence-corrected chi connectivity index (χ0v) is 21.4. The maximum absolute atomic E-state index is 13.2. The number of nitrogens with zero attached hydrogens (tertiary/aromatic N) is 3. The van der Waals surface area contributed by atoms with Gasteiger partial charge in [-0.2, -0.15) is 0 Å². The monoisotopic (exact) mass is 482 g/mol. The summed E-state index contributed by atoms with van der Waals surface area (Å²) in [7, 11) is 1.70. The third kappa shape index (κ3) is 5.69. The Balaban J connectivity index is 1.62. The first-order valence-electron chi connectivity index (χ1n) is 12.9. The maximum atomic E-state index is 13.2.